The van der Waals surface area contributed by atoms with Gasteiger partial charge in [0.05, 0.1) is 0 Å². The molecule has 24 heavy (non-hydrogen) atoms. The summed E-state index contributed by atoms with van der Waals surface area (Å²) in [6, 6.07) is 10.0. The third kappa shape index (κ3) is 7.59. The van der Waals surface area contributed by atoms with Crippen molar-refractivity contribution in [1.82, 2.24) is 0 Å². The fourth-order valence-electron chi connectivity index (χ4n) is 3.09. The van der Waals surface area contributed by atoms with E-state index in [4.69, 9.17) is 0 Å². The molecule has 2 heteroatoms. The maximum atomic E-state index is 3.70. The zero-order valence-electron chi connectivity index (χ0n) is 16.9. The summed E-state index contributed by atoms with van der Waals surface area (Å²) < 4.78 is 0. The second-order valence-electron chi connectivity index (χ2n) is 7.57. The van der Waals surface area contributed by atoms with E-state index < -0.39 is 0 Å². The van der Waals surface area contributed by atoms with Gasteiger partial charge < -0.3 is 10.6 Å². The summed E-state index contributed by atoms with van der Waals surface area (Å²) >= 11 is 0. The first-order chi connectivity index (χ1) is 11.5. The molecule has 0 radical (unpaired) electrons. The van der Waals surface area contributed by atoms with Gasteiger partial charge in [0.25, 0.3) is 0 Å². The van der Waals surface area contributed by atoms with Crippen LogP contribution in [0.4, 0.5) is 11.4 Å². The second kappa shape index (κ2) is 11.4. The molecule has 2 N–H and O–H groups in total. The van der Waals surface area contributed by atoms with Crippen molar-refractivity contribution in [3.05, 3.63) is 24.3 Å². The molecule has 2 nitrogen and oxygen atoms in total. The van der Waals surface area contributed by atoms with E-state index in [0.29, 0.717) is 12.1 Å². The molecule has 1 aromatic rings. The Balaban J connectivity index is 2.57. The fourth-order valence-corrected chi connectivity index (χ4v) is 3.09. The van der Waals surface area contributed by atoms with E-state index in [-0.39, 0.29) is 0 Å². The lowest BCUT2D eigenvalue weighted by atomic mass is 9.97. The highest BCUT2D eigenvalue weighted by Crippen LogP contribution is 2.21. The largest absolute Gasteiger partial charge is 0.382 e. The normalized spacial score (nSPS) is 16.2. The average molecular weight is 333 g/mol. The molecule has 1 aromatic carbocycles. The van der Waals surface area contributed by atoms with Crippen molar-refractivity contribution in [3.63, 3.8) is 0 Å². The molecule has 0 aliphatic heterocycles. The number of hydrogen-bond acceptors (Lipinski definition) is 2. The van der Waals surface area contributed by atoms with Gasteiger partial charge in [-0.05, 0) is 61.8 Å². The molecule has 0 amide bonds. The molecule has 0 unspecified atom stereocenters. The van der Waals surface area contributed by atoms with Gasteiger partial charge in [-0.15, -0.1) is 0 Å². The van der Waals surface area contributed by atoms with Crippen molar-refractivity contribution in [2.75, 3.05) is 10.6 Å². The monoisotopic (exact) mass is 332 g/mol. The Hall–Kier alpha value is -1.18. The molecule has 0 heterocycles. The van der Waals surface area contributed by atoms with Crippen LogP contribution in [0.2, 0.25) is 0 Å². The Kier molecular flexibility index (Phi) is 9.90. The van der Waals surface area contributed by atoms with Crippen LogP contribution >= 0.6 is 0 Å². The molecule has 0 saturated carbocycles. The van der Waals surface area contributed by atoms with E-state index in [1.165, 1.54) is 49.9 Å². The van der Waals surface area contributed by atoms with E-state index >= 15 is 0 Å². The van der Waals surface area contributed by atoms with Gasteiger partial charge in [-0.3, -0.25) is 0 Å². The first-order valence-electron chi connectivity index (χ1n) is 10.1. The Bertz CT molecular complexity index is 385. The van der Waals surface area contributed by atoms with Crippen LogP contribution in [-0.4, -0.2) is 12.1 Å². The molecule has 0 bridgehead atoms. The van der Waals surface area contributed by atoms with Crippen molar-refractivity contribution in [1.29, 1.82) is 0 Å². The smallest absolute Gasteiger partial charge is 0.0343 e. The van der Waals surface area contributed by atoms with Crippen LogP contribution in [-0.2, 0) is 0 Å². The summed E-state index contributed by atoms with van der Waals surface area (Å²) in [5, 5.41) is 7.40. The Morgan fingerprint density at radius 3 is 1.21 bits per heavy atom. The van der Waals surface area contributed by atoms with Crippen LogP contribution in [0, 0.1) is 11.8 Å². The number of benzene rings is 1. The van der Waals surface area contributed by atoms with Crippen LogP contribution in [0.15, 0.2) is 24.3 Å². The van der Waals surface area contributed by atoms with Gasteiger partial charge in [0, 0.05) is 23.5 Å². The standard InChI is InChI=1S/C22H40N2/c1-7-17(5)15-19(9-3)23-21-11-13-22(14-12-21)24-20(10-4)16-18(6)8-2/h11-14,17-20,23-24H,7-10,15-16H2,1-6H3/t17-,18-,19-,20-/m0/s1. The molecule has 4 atom stereocenters. The van der Waals surface area contributed by atoms with Crippen molar-refractivity contribution < 1.29 is 0 Å². The third-order valence-electron chi connectivity index (χ3n) is 5.38. The SMILES string of the molecule is CC[C@H](C)C[C@H](CC)Nc1ccc(N[C@@H](CC)C[C@@H](C)CC)cc1. The summed E-state index contributed by atoms with van der Waals surface area (Å²) in [7, 11) is 0. The summed E-state index contributed by atoms with van der Waals surface area (Å²) in [4.78, 5) is 0. The van der Waals surface area contributed by atoms with Crippen molar-refractivity contribution in [3.8, 4) is 0 Å². The van der Waals surface area contributed by atoms with Gasteiger partial charge in [-0.25, -0.2) is 0 Å². The number of hydrogen-bond donors (Lipinski definition) is 2. The van der Waals surface area contributed by atoms with Gasteiger partial charge >= 0.3 is 0 Å². The van der Waals surface area contributed by atoms with Crippen LogP contribution in [0.5, 0.6) is 0 Å². The lowest BCUT2D eigenvalue weighted by Gasteiger charge is -2.23. The van der Waals surface area contributed by atoms with Gasteiger partial charge in [-0.2, -0.15) is 0 Å². The summed E-state index contributed by atoms with van der Waals surface area (Å²) in [5.41, 5.74) is 2.48. The number of nitrogens with one attached hydrogen (secondary N) is 2. The van der Waals surface area contributed by atoms with Crippen LogP contribution < -0.4 is 10.6 Å². The minimum Gasteiger partial charge on any atom is -0.382 e. The Morgan fingerprint density at radius 1 is 0.625 bits per heavy atom. The second-order valence-corrected chi connectivity index (χ2v) is 7.57. The van der Waals surface area contributed by atoms with Gasteiger partial charge in [0.15, 0.2) is 0 Å². The molecular formula is C22H40N2. The van der Waals surface area contributed by atoms with Gasteiger partial charge in [0.2, 0.25) is 0 Å². The Labute approximate surface area is 150 Å². The average Bonchev–Trinajstić information content (AvgIpc) is 2.61. The maximum Gasteiger partial charge on any atom is 0.0343 e. The van der Waals surface area contributed by atoms with Gasteiger partial charge in [-0.1, -0.05) is 54.4 Å². The molecule has 1 rings (SSSR count). The van der Waals surface area contributed by atoms with E-state index in [2.05, 4.69) is 76.4 Å². The number of anilines is 2. The summed E-state index contributed by atoms with van der Waals surface area (Å²) in [5.74, 6) is 1.57. The lowest BCUT2D eigenvalue weighted by molar-refractivity contribution is 0.461. The minimum absolute atomic E-state index is 0.576. The Morgan fingerprint density at radius 2 is 0.958 bits per heavy atom. The van der Waals surface area contributed by atoms with E-state index in [9.17, 15) is 0 Å². The first-order valence-corrected chi connectivity index (χ1v) is 10.1. The minimum atomic E-state index is 0.576. The zero-order chi connectivity index (χ0) is 17.9. The highest BCUT2D eigenvalue weighted by molar-refractivity contribution is 5.54. The van der Waals surface area contributed by atoms with Crippen molar-refractivity contribution in [2.45, 2.75) is 92.2 Å². The molecule has 0 aliphatic rings. The molecule has 0 spiro atoms. The predicted molar refractivity (Wildman–Crippen MR) is 110 cm³/mol. The van der Waals surface area contributed by atoms with E-state index in [1.54, 1.807) is 0 Å². The van der Waals surface area contributed by atoms with Crippen molar-refractivity contribution >= 4 is 11.4 Å². The van der Waals surface area contributed by atoms with E-state index in [1.807, 2.05) is 0 Å². The lowest BCUT2D eigenvalue weighted by Crippen LogP contribution is -2.22. The maximum absolute atomic E-state index is 3.70. The first kappa shape index (κ1) is 20.9. The molecular weight excluding hydrogens is 292 g/mol. The zero-order valence-corrected chi connectivity index (χ0v) is 16.9. The van der Waals surface area contributed by atoms with Crippen molar-refractivity contribution in [2.24, 2.45) is 11.8 Å². The third-order valence-corrected chi connectivity index (χ3v) is 5.38. The summed E-state index contributed by atoms with van der Waals surface area (Å²) in [6.45, 7) is 13.8. The highest BCUT2D eigenvalue weighted by atomic mass is 14.9. The van der Waals surface area contributed by atoms with E-state index in [0.717, 1.165) is 11.8 Å². The molecule has 0 aromatic heterocycles. The fraction of sp³-hybridized carbons (Fsp3) is 0.727. The quantitative estimate of drug-likeness (QED) is 0.433. The van der Waals surface area contributed by atoms with Crippen LogP contribution in [0.3, 0.4) is 0 Å². The molecule has 0 fully saturated rings. The highest BCUT2D eigenvalue weighted by Gasteiger charge is 2.12. The molecule has 138 valence electrons. The summed E-state index contributed by atoms with van der Waals surface area (Å²) in [6.07, 6.45) is 7.37. The number of rotatable bonds is 12. The predicted octanol–water partition coefficient (Wildman–Crippen LogP) is 6.94. The topological polar surface area (TPSA) is 24.1 Å². The van der Waals surface area contributed by atoms with Crippen LogP contribution in [0.25, 0.3) is 0 Å². The molecule has 0 aliphatic carbocycles. The van der Waals surface area contributed by atoms with Gasteiger partial charge in [0.1, 0.15) is 0 Å². The van der Waals surface area contributed by atoms with Crippen LogP contribution in [0.1, 0.15) is 80.1 Å². The molecule has 0 saturated heterocycles.